The average molecular weight is 240 g/mol. The van der Waals surface area contributed by atoms with Gasteiger partial charge in [0.1, 0.15) is 0 Å². The SMILES string of the molecule is CC=C=C1CC(COC(=O)OCOC)C1(C)C. The first-order chi connectivity index (χ1) is 8.02. The highest BCUT2D eigenvalue weighted by atomic mass is 16.8. The minimum atomic E-state index is -0.675. The molecule has 0 heterocycles. The predicted octanol–water partition coefficient (Wildman–Crippen LogP) is 2.89. The van der Waals surface area contributed by atoms with E-state index in [4.69, 9.17) is 4.74 Å². The summed E-state index contributed by atoms with van der Waals surface area (Å²) in [6, 6.07) is 0. The van der Waals surface area contributed by atoms with E-state index < -0.39 is 6.16 Å². The second-order valence-electron chi connectivity index (χ2n) is 4.65. The van der Waals surface area contributed by atoms with E-state index in [-0.39, 0.29) is 12.2 Å². The van der Waals surface area contributed by atoms with Crippen LogP contribution in [0.2, 0.25) is 0 Å². The molecular weight excluding hydrogens is 220 g/mol. The Hall–Kier alpha value is -1.25. The molecule has 0 N–H and O–H groups in total. The second kappa shape index (κ2) is 5.89. The van der Waals surface area contributed by atoms with Crippen molar-refractivity contribution in [3.05, 3.63) is 17.4 Å². The Balaban J connectivity index is 2.36. The maximum absolute atomic E-state index is 11.1. The van der Waals surface area contributed by atoms with Gasteiger partial charge in [-0.25, -0.2) is 4.79 Å². The predicted molar refractivity (Wildman–Crippen MR) is 63.5 cm³/mol. The van der Waals surface area contributed by atoms with Gasteiger partial charge in [-0.3, -0.25) is 0 Å². The van der Waals surface area contributed by atoms with E-state index in [1.54, 1.807) is 0 Å². The summed E-state index contributed by atoms with van der Waals surface area (Å²) in [4.78, 5) is 11.1. The molecule has 0 bridgehead atoms. The van der Waals surface area contributed by atoms with Gasteiger partial charge in [0.2, 0.25) is 0 Å². The molecule has 1 aliphatic rings. The fraction of sp³-hybridized carbons (Fsp3) is 0.692. The molecule has 1 fully saturated rings. The Morgan fingerprint density at radius 2 is 2.24 bits per heavy atom. The Labute approximate surface area is 102 Å². The molecule has 1 rings (SSSR count). The lowest BCUT2D eigenvalue weighted by Crippen LogP contribution is -2.40. The molecule has 4 nitrogen and oxygen atoms in total. The summed E-state index contributed by atoms with van der Waals surface area (Å²) in [7, 11) is 1.45. The molecule has 0 saturated heterocycles. The van der Waals surface area contributed by atoms with Crippen LogP contribution in [0.15, 0.2) is 17.4 Å². The lowest BCUT2D eigenvalue weighted by molar-refractivity contribution is -0.0394. The molecule has 1 unspecified atom stereocenters. The third kappa shape index (κ3) is 3.35. The first-order valence-corrected chi connectivity index (χ1v) is 5.71. The fourth-order valence-corrected chi connectivity index (χ4v) is 1.88. The van der Waals surface area contributed by atoms with Gasteiger partial charge in [-0.2, -0.15) is 0 Å². The number of carbonyl (C=O) groups excluding carboxylic acids is 1. The van der Waals surface area contributed by atoms with E-state index >= 15 is 0 Å². The van der Waals surface area contributed by atoms with Gasteiger partial charge in [0.05, 0.1) is 6.61 Å². The van der Waals surface area contributed by atoms with Gasteiger partial charge in [-0.1, -0.05) is 13.8 Å². The first-order valence-electron chi connectivity index (χ1n) is 5.71. The third-order valence-corrected chi connectivity index (χ3v) is 3.26. The number of rotatable bonds is 4. The van der Waals surface area contributed by atoms with E-state index in [0.717, 1.165) is 6.42 Å². The van der Waals surface area contributed by atoms with Crippen LogP contribution in [0, 0.1) is 11.3 Å². The molecule has 1 aliphatic carbocycles. The average Bonchev–Trinajstić information content (AvgIpc) is 2.30. The van der Waals surface area contributed by atoms with Gasteiger partial charge in [-0.05, 0) is 30.4 Å². The van der Waals surface area contributed by atoms with Crippen LogP contribution >= 0.6 is 0 Å². The smallest absolute Gasteiger partial charge is 0.434 e. The lowest BCUT2D eigenvalue weighted by atomic mass is 9.59. The van der Waals surface area contributed by atoms with Crippen LogP contribution in [-0.2, 0) is 14.2 Å². The summed E-state index contributed by atoms with van der Waals surface area (Å²) < 4.78 is 14.3. The highest BCUT2D eigenvalue weighted by Crippen LogP contribution is 2.50. The zero-order valence-electron chi connectivity index (χ0n) is 10.9. The van der Waals surface area contributed by atoms with Gasteiger partial charge in [0, 0.05) is 13.0 Å². The van der Waals surface area contributed by atoms with Crippen molar-refractivity contribution in [3.63, 3.8) is 0 Å². The Bertz CT molecular complexity index is 337. The second-order valence-corrected chi connectivity index (χ2v) is 4.65. The fourth-order valence-electron chi connectivity index (χ4n) is 1.88. The number of allylic oxidation sites excluding steroid dienone is 1. The van der Waals surface area contributed by atoms with Crippen LogP contribution in [0.25, 0.3) is 0 Å². The lowest BCUT2D eigenvalue weighted by Gasteiger charge is -2.45. The van der Waals surface area contributed by atoms with E-state index in [1.165, 1.54) is 12.7 Å². The number of methoxy groups -OCH3 is 1. The molecule has 1 saturated carbocycles. The van der Waals surface area contributed by atoms with Crippen LogP contribution in [0.5, 0.6) is 0 Å². The van der Waals surface area contributed by atoms with Crippen LogP contribution < -0.4 is 0 Å². The Morgan fingerprint density at radius 1 is 1.53 bits per heavy atom. The van der Waals surface area contributed by atoms with Crippen molar-refractivity contribution in [3.8, 4) is 0 Å². The van der Waals surface area contributed by atoms with Gasteiger partial charge >= 0.3 is 6.16 Å². The Kier molecular flexibility index (Phi) is 4.79. The van der Waals surface area contributed by atoms with Crippen molar-refractivity contribution in [2.24, 2.45) is 11.3 Å². The largest absolute Gasteiger partial charge is 0.510 e. The van der Waals surface area contributed by atoms with Gasteiger partial charge < -0.3 is 14.2 Å². The van der Waals surface area contributed by atoms with E-state index in [0.29, 0.717) is 12.5 Å². The van der Waals surface area contributed by atoms with Crippen LogP contribution in [0.4, 0.5) is 4.79 Å². The highest BCUT2D eigenvalue weighted by Gasteiger charge is 2.44. The monoisotopic (exact) mass is 240 g/mol. The highest BCUT2D eigenvalue weighted by molar-refractivity contribution is 5.59. The molecule has 0 aromatic heterocycles. The zero-order chi connectivity index (χ0) is 12.9. The standard InChI is InChI=1S/C13H20O4/c1-5-6-10-7-11(13(10,2)3)8-16-12(14)17-9-15-4/h5,11H,7-9H2,1-4H3. The molecule has 0 spiro atoms. The van der Waals surface area contributed by atoms with Crippen LogP contribution in [0.1, 0.15) is 27.2 Å². The summed E-state index contributed by atoms with van der Waals surface area (Å²) in [6.07, 6.45) is 2.17. The van der Waals surface area contributed by atoms with E-state index in [9.17, 15) is 4.79 Å². The normalized spacial score (nSPS) is 21.2. The maximum atomic E-state index is 11.1. The van der Waals surface area contributed by atoms with Crippen molar-refractivity contribution in [2.75, 3.05) is 20.5 Å². The van der Waals surface area contributed by atoms with Crippen molar-refractivity contribution in [2.45, 2.75) is 27.2 Å². The summed E-state index contributed by atoms with van der Waals surface area (Å²) in [5.41, 5.74) is 4.55. The van der Waals surface area contributed by atoms with Gasteiger partial charge in [0.25, 0.3) is 0 Å². The first kappa shape index (κ1) is 13.8. The molecule has 1 atom stereocenters. The maximum Gasteiger partial charge on any atom is 0.510 e. The quantitative estimate of drug-likeness (QED) is 0.430. The molecular formula is C13H20O4. The van der Waals surface area contributed by atoms with Gasteiger partial charge in [-0.15, -0.1) is 5.73 Å². The van der Waals surface area contributed by atoms with Crippen molar-refractivity contribution in [1.82, 2.24) is 0 Å². The summed E-state index contributed by atoms with van der Waals surface area (Å²) in [5.74, 6) is 0.333. The third-order valence-electron chi connectivity index (χ3n) is 3.26. The molecule has 0 amide bonds. The molecule has 17 heavy (non-hydrogen) atoms. The number of hydrogen-bond donors (Lipinski definition) is 0. The van der Waals surface area contributed by atoms with Crippen molar-refractivity contribution < 1.29 is 19.0 Å². The van der Waals surface area contributed by atoms with E-state index in [1.807, 2.05) is 13.0 Å². The van der Waals surface area contributed by atoms with Crippen LogP contribution in [-0.4, -0.2) is 26.7 Å². The minimum Gasteiger partial charge on any atom is -0.434 e. The van der Waals surface area contributed by atoms with Crippen molar-refractivity contribution in [1.29, 1.82) is 0 Å². The van der Waals surface area contributed by atoms with Crippen LogP contribution in [0.3, 0.4) is 0 Å². The zero-order valence-corrected chi connectivity index (χ0v) is 10.9. The minimum absolute atomic E-state index is 0.0496. The Morgan fingerprint density at radius 3 is 2.76 bits per heavy atom. The summed E-state index contributed by atoms with van der Waals surface area (Å²) in [5, 5.41) is 0. The number of carbonyl (C=O) groups is 1. The topological polar surface area (TPSA) is 44.8 Å². The summed E-state index contributed by atoms with van der Waals surface area (Å²) in [6.45, 7) is 6.53. The molecule has 0 radical (unpaired) electrons. The van der Waals surface area contributed by atoms with Crippen molar-refractivity contribution >= 4 is 6.16 Å². The number of ether oxygens (including phenoxy) is 3. The molecule has 0 aliphatic heterocycles. The molecule has 96 valence electrons. The van der Waals surface area contributed by atoms with E-state index in [2.05, 4.69) is 29.1 Å². The van der Waals surface area contributed by atoms with Gasteiger partial charge in [0.15, 0.2) is 6.79 Å². The molecule has 4 heteroatoms. The molecule has 0 aromatic rings. The molecule has 0 aromatic carbocycles. The summed E-state index contributed by atoms with van der Waals surface area (Å²) >= 11 is 0. The number of hydrogen-bond acceptors (Lipinski definition) is 4.